The van der Waals surface area contributed by atoms with Crippen molar-refractivity contribution in [3.05, 3.63) is 29.8 Å². The van der Waals surface area contributed by atoms with Crippen LogP contribution in [0.15, 0.2) is 24.3 Å². The maximum atomic E-state index is 13.9. The molecule has 1 aromatic rings. The van der Waals surface area contributed by atoms with Crippen LogP contribution < -0.4 is 48.3 Å². The lowest BCUT2D eigenvalue weighted by atomic mass is 10.0. The molecule has 0 fully saturated rings. The topological polar surface area (TPSA) is 483 Å². The highest BCUT2D eigenvalue weighted by Crippen LogP contribution is 2.13. The predicted molar refractivity (Wildman–Crippen MR) is 252 cm³/mol. The number of rotatable bonds is 36. The number of hydrogen-bond acceptors (Lipinski definition) is 16. The fourth-order valence-corrected chi connectivity index (χ4v) is 6.68. The number of hydrogen-bond donors (Lipinski definition) is 15. The number of phenols is 1. The number of phenolic OH excluding ortho intramolecular Hbond substituents is 1. The number of aliphatic carboxylic acids is 5. The molecule has 8 atom stereocenters. The molecule has 0 saturated heterocycles. The molecule has 1 aromatic carbocycles. The fourth-order valence-electron chi connectivity index (χ4n) is 6.68. The number of carbonyl (C=O) groups excluding carboxylic acids is 9. The maximum absolute atomic E-state index is 13.9. The monoisotopic (exact) mass is 1050 g/mol. The predicted octanol–water partition coefficient (Wildman–Crippen LogP) is -3.64. The molecule has 410 valence electrons. The van der Waals surface area contributed by atoms with Crippen LogP contribution in [0.1, 0.15) is 97.0 Å². The van der Waals surface area contributed by atoms with Crippen LogP contribution in [-0.2, 0) is 73.5 Å². The summed E-state index contributed by atoms with van der Waals surface area (Å²) in [7, 11) is 0. The molecule has 0 aliphatic rings. The van der Waals surface area contributed by atoms with E-state index in [1.165, 1.54) is 24.3 Å². The summed E-state index contributed by atoms with van der Waals surface area (Å²) in [6.07, 6.45) is -6.93. The SMILES string of the molecule is CC(C)C[C@H](N)C(=O)N[C@@H](CCC(=O)O)C(=O)N[C@@H](CCC(=O)O)C(=O)N[C@@H](CCC(=O)O)C(=O)N[C@@H](CCC(=O)O)C(=O)N[C@@H](CCC(=O)O)C(=O)N[C@@H](C)C(=O)N[C@@H](Cc1ccc(O)cc1)C(=O)NCC=O. The zero-order valence-electron chi connectivity index (χ0n) is 40.8. The molecular formula is C45H65N9O20. The molecule has 0 unspecified atom stereocenters. The largest absolute Gasteiger partial charge is 0.508 e. The van der Waals surface area contributed by atoms with E-state index >= 15 is 0 Å². The summed E-state index contributed by atoms with van der Waals surface area (Å²) in [6, 6.07) is -7.67. The lowest BCUT2D eigenvalue weighted by molar-refractivity contribution is -0.141. The third kappa shape index (κ3) is 25.7. The Kier molecular flexibility index (Phi) is 28.2. The van der Waals surface area contributed by atoms with Gasteiger partial charge in [0.05, 0.1) is 12.6 Å². The fraction of sp³-hybridized carbons (Fsp3) is 0.556. The van der Waals surface area contributed by atoms with Crippen molar-refractivity contribution in [1.82, 2.24) is 42.5 Å². The normalized spacial score (nSPS) is 14.1. The molecule has 16 N–H and O–H groups in total. The van der Waals surface area contributed by atoms with Crippen LogP contribution in [0.25, 0.3) is 0 Å². The molecule has 0 bridgehead atoms. The highest BCUT2D eigenvalue weighted by Gasteiger charge is 2.35. The molecule has 0 radical (unpaired) electrons. The molecule has 0 aromatic heterocycles. The summed E-state index contributed by atoms with van der Waals surface area (Å²) in [4.78, 5) is 176. The van der Waals surface area contributed by atoms with E-state index in [4.69, 9.17) is 5.73 Å². The molecule has 0 spiro atoms. The summed E-state index contributed by atoms with van der Waals surface area (Å²) < 4.78 is 0. The van der Waals surface area contributed by atoms with Crippen LogP contribution in [0.4, 0.5) is 0 Å². The first-order valence-corrected chi connectivity index (χ1v) is 23.1. The zero-order valence-corrected chi connectivity index (χ0v) is 40.8. The number of carbonyl (C=O) groups is 14. The summed E-state index contributed by atoms with van der Waals surface area (Å²) >= 11 is 0. The van der Waals surface area contributed by atoms with E-state index in [1.807, 2.05) is 0 Å². The molecule has 1 rings (SSSR count). The van der Waals surface area contributed by atoms with E-state index in [1.54, 1.807) is 13.8 Å². The molecule has 74 heavy (non-hydrogen) atoms. The smallest absolute Gasteiger partial charge is 0.303 e. The second-order valence-corrected chi connectivity index (χ2v) is 17.3. The zero-order chi connectivity index (χ0) is 56.2. The molecule has 0 saturated carbocycles. The minimum Gasteiger partial charge on any atom is -0.508 e. The van der Waals surface area contributed by atoms with Crippen molar-refractivity contribution in [2.24, 2.45) is 11.7 Å². The first-order valence-electron chi connectivity index (χ1n) is 23.1. The number of aromatic hydroxyl groups is 1. The summed E-state index contributed by atoms with van der Waals surface area (Å²) in [6.45, 7) is 4.24. The van der Waals surface area contributed by atoms with Gasteiger partial charge in [-0.15, -0.1) is 0 Å². The molecule has 0 aliphatic carbocycles. The summed E-state index contributed by atoms with van der Waals surface area (Å²) in [5.74, 6) is -16.5. The average molecular weight is 1050 g/mol. The van der Waals surface area contributed by atoms with Gasteiger partial charge in [0.25, 0.3) is 0 Å². The number of nitrogens with two attached hydrogens (primary N) is 1. The van der Waals surface area contributed by atoms with Gasteiger partial charge in [0.15, 0.2) is 0 Å². The number of carboxylic acids is 5. The van der Waals surface area contributed by atoms with Crippen molar-refractivity contribution < 1.29 is 97.8 Å². The van der Waals surface area contributed by atoms with E-state index in [9.17, 15) is 97.8 Å². The van der Waals surface area contributed by atoms with Crippen LogP contribution in [0.2, 0.25) is 0 Å². The number of benzene rings is 1. The van der Waals surface area contributed by atoms with Gasteiger partial charge in [-0.1, -0.05) is 26.0 Å². The van der Waals surface area contributed by atoms with Crippen LogP contribution >= 0.6 is 0 Å². The van der Waals surface area contributed by atoms with Gasteiger partial charge in [-0.2, -0.15) is 0 Å². The molecule has 29 nitrogen and oxygen atoms in total. The van der Waals surface area contributed by atoms with E-state index in [0.29, 0.717) is 11.8 Å². The van der Waals surface area contributed by atoms with Crippen molar-refractivity contribution in [3.8, 4) is 5.75 Å². The maximum Gasteiger partial charge on any atom is 0.303 e. The third-order valence-corrected chi connectivity index (χ3v) is 10.6. The van der Waals surface area contributed by atoms with Gasteiger partial charge in [-0.05, 0) is 69.1 Å². The molecule has 8 amide bonds. The molecule has 0 heterocycles. The Bertz CT molecular complexity index is 2190. The molecule has 29 heteroatoms. The number of carboxylic acid groups (broad SMARTS) is 5. The molecule has 0 aliphatic heterocycles. The van der Waals surface area contributed by atoms with Crippen molar-refractivity contribution >= 4 is 83.4 Å². The Balaban J connectivity index is 3.49. The van der Waals surface area contributed by atoms with Gasteiger partial charge < -0.3 is 83.7 Å². The van der Waals surface area contributed by atoms with Crippen molar-refractivity contribution in [2.45, 2.75) is 146 Å². The minimum absolute atomic E-state index is 0.0765. The Labute approximate surface area is 422 Å². The number of amides is 8. The van der Waals surface area contributed by atoms with Crippen LogP contribution in [-0.4, -0.2) is 169 Å². The Morgan fingerprint density at radius 3 is 1.08 bits per heavy atom. The Hall–Kier alpha value is -8.24. The van der Waals surface area contributed by atoms with E-state index in [2.05, 4.69) is 42.5 Å². The van der Waals surface area contributed by atoms with E-state index in [0.717, 1.165) is 6.92 Å². The van der Waals surface area contributed by atoms with E-state index < -0.39 is 196 Å². The standard InChI is InChI=1S/C45H65N9O20/c1-22(2)20-26(46)39(68)49-28(9-14-34(59)60)42(71)51-30(11-16-36(63)64)44(73)53-31(12-17-37(65)66)45(74)52-29(10-15-35(61)62)43(72)50-27(8-13-33(57)58)41(70)48-23(3)38(67)54-32(40(69)47-18-19-55)21-24-4-6-25(56)7-5-24/h4-7,19,22-23,26-32,56H,8-18,20-21,46H2,1-3H3,(H,47,69)(H,48,70)(H,49,68)(H,50,72)(H,51,71)(H,52,74)(H,53,73)(H,54,67)(H,57,58)(H,59,60)(H,61,62)(H,63,64)(H,65,66)/t23-,26-,27-,28-,29-,30-,31-,32-/m0/s1. The second kappa shape index (κ2) is 32.7. The lowest BCUT2D eigenvalue weighted by Crippen LogP contribution is -2.60. The van der Waals surface area contributed by atoms with Crippen LogP contribution in [0.3, 0.4) is 0 Å². The third-order valence-electron chi connectivity index (χ3n) is 10.6. The minimum atomic E-state index is -1.94. The van der Waals surface area contributed by atoms with Gasteiger partial charge in [0.1, 0.15) is 54.3 Å². The second-order valence-electron chi connectivity index (χ2n) is 17.3. The Morgan fingerprint density at radius 1 is 0.459 bits per heavy atom. The summed E-state index contributed by atoms with van der Waals surface area (Å²) in [5.41, 5.74) is 6.37. The summed E-state index contributed by atoms with van der Waals surface area (Å²) in [5, 5.41) is 74.6. The van der Waals surface area contributed by atoms with Gasteiger partial charge in [-0.3, -0.25) is 62.3 Å². The average Bonchev–Trinajstić information content (AvgIpc) is 3.31. The van der Waals surface area contributed by atoms with Gasteiger partial charge >= 0.3 is 29.8 Å². The van der Waals surface area contributed by atoms with Crippen molar-refractivity contribution in [3.63, 3.8) is 0 Å². The number of aldehydes is 1. The first kappa shape index (κ1) is 63.8. The molecular weight excluding hydrogens is 987 g/mol. The van der Waals surface area contributed by atoms with Crippen LogP contribution in [0.5, 0.6) is 5.75 Å². The van der Waals surface area contributed by atoms with Gasteiger partial charge in [0.2, 0.25) is 47.3 Å². The highest BCUT2D eigenvalue weighted by molar-refractivity contribution is 5.98. The van der Waals surface area contributed by atoms with Crippen LogP contribution in [0, 0.1) is 5.92 Å². The first-order chi connectivity index (χ1) is 34.6. The van der Waals surface area contributed by atoms with Gasteiger partial charge in [-0.25, -0.2) is 0 Å². The quantitative estimate of drug-likeness (QED) is 0.0288. The van der Waals surface area contributed by atoms with E-state index in [-0.39, 0.29) is 24.5 Å². The van der Waals surface area contributed by atoms with Crippen molar-refractivity contribution in [1.29, 1.82) is 0 Å². The lowest BCUT2D eigenvalue weighted by Gasteiger charge is -2.27. The number of nitrogens with one attached hydrogen (secondary N) is 8. The van der Waals surface area contributed by atoms with Gasteiger partial charge in [0, 0.05) is 38.5 Å². The van der Waals surface area contributed by atoms with Crippen molar-refractivity contribution in [2.75, 3.05) is 6.54 Å². The highest BCUT2D eigenvalue weighted by atomic mass is 16.4. The Morgan fingerprint density at radius 2 is 0.770 bits per heavy atom.